The molecule has 1 aromatic heterocycles. The second kappa shape index (κ2) is 5.27. The maximum atomic E-state index is 11.8. The molecular weight excluding hydrogens is 286 g/mol. The Bertz CT molecular complexity index is 450. The van der Waals surface area contributed by atoms with Crippen molar-refractivity contribution in [3.63, 3.8) is 0 Å². The summed E-state index contributed by atoms with van der Waals surface area (Å²) in [6.45, 7) is 0.450. The van der Waals surface area contributed by atoms with Gasteiger partial charge in [0, 0.05) is 25.2 Å². The molecule has 5 nitrogen and oxygen atoms in total. The molecule has 1 aliphatic rings. The Morgan fingerprint density at radius 3 is 3.12 bits per heavy atom. The molecule has 0 aliphatic carbocycles. The monoisotopic (exact) mass is 297 g/mol. The third-order valence-corrected chi connectivity index (χ3v) is 3.23. The molecule has 1 aromatic rings. The van der Waals surface area contributed by atoms with Crippen molar-refractivity contribution >= 4 is 27.7 Å². The molecule has 1 saturated heterocycles. The number of hydrogen-bond acceptors (Lipinski definition) is 3. The summed E-state index contributed by atoms with van der Waals surface area (Å²) in [5, 5.41) is 5.57. The molecule has 1 aliphatic heterocycles. The SMILES string of the molecule is O=C1CCC(CNC(=O)c2cccnc2Br)N1. The van der Waals surface area contributed by atoms with Crippen LogP contribution in [-0.4, -0.2) is 29.4 Å². The molecule has 0 spiro atoms. The van der Waals surface area contributed by atoms with Gasteiger partial charge in [0.15, 0.2) is 0 Å². The molecule has 2 N–H and O–H groups in total. The number of carbonyl (C=O) groups is 2. The minimum atomic E-state index is -0.189. The van der Waals surface area contributed by atoms with E-state index in [0.717, 1.165) is 6.42 Å². The summed E-state index contributed by atoms with van der Waals surface area (Å²) in [4.78, 5) is 26.8. The van der Waals surface area contributed by atoms with Gasteiger partial charge >= 0.3 is 0 Å². The normalized spacial score (nSPS) is 18.9. The topological polar surface area (TPSA) is 71.1 Å². The van der Waals surface area contributed by atoms with Crippen LogP contribution in [0.4, 0.5) is 0 Å². The van der Waals surface area contributed by atoms with Gasteiger partial charge in [0.05, 0.1) is 5.56 Å². The Morgan fingerprint density at radius 1 is 1.65 bits per heavy atom. The zero-order valence-electron chi connectivity index (χ0n) is 9.07. The smallest absolute Gasteiger partial charge is 0.254 e. The number of halogens is 1. The molecule has 2 heterocycles. The standard InChI is InChI=1S/C11H12BrN3O2/c12-10-8(2-1-5-13-10)11(17)14-6-7-3-4-9(16)15-7/h1-2,5,7H,3-4,6H2,(H,14,17)(H,15,16). The van der Waals surface area contributed by atoms with Gasteiger partial charge in [-0.3, -0.25) is 9.59 Å². The first kappa shape index (κ1) is 12.0. The van der Waals surface area contributed by atoms with Gasteiger partial charge in [-0.2, -0.15) is 0 Å². The van der Waals surface area contributed by atoms with Crippen LogP contribution in [0, 0.1) is 0 Å². The molecule has 0 saturated carbocycles. The lowest BCUT2D eigenvalue weighted by atomic mass is 10.2. The van der Waals surface area contributed by atoms with Crippen LogP contribution in [0.3, 0.4) is 0 Å². The highest BCUT2D eigenvalue weighted by molar-refractivity contribution is 9.10. The van der Waals surface area contributed by atoms with E-state index in [2.05, 4.69) is 31.5 Å². The van der Waals surface area contributed by atoms with Gasteiger partial charge < -0.3 is 10.6 Å². The molecular formula is C11H12BrN3O2. The maximum absolute atomic E-state index is 11.8. The fourth-order valence-corrected chi connectivity index (χ4v) is 2.13. The summed E-state index contributed by atoms with van der Waals surface area (Å²) in [6.07, 6.45) is 2.92. The molecule has 90 valence electrons. The van der Waals surface area contributed by atoms with Crippen LogP contribution in [0.1, 0.15) is 23.2 Å². The lowest BCUT2D eigenvalue weighted by Gasteiger charge is -2.11. The summed E-state index contributed by atoms with van der Waals surface area (Å²) < 4.78 is 0.521. The number of carbonyl (C=O) groups excluding carboxylic acids is 2. The number of pyridine rings is 1. The zero-order chi connectivity index (χ0) is 12.3. The van der Waals surface area contributed by atoms with E-state index in [9.17, 15) is 9.59 Å². The summed E-state index contributed by atoms with van der Waals surface area (Å²) in [6, 6.07) is 3.44. The first-order valence-electron chi connectivity index (χ1n) is 5.35. The highest BCUT2D eigenvalue weighted by atomic mass is 79.9. The van der Waals surface area contributed by atoms with Crippen molar-refractivity contribution in [1.82, 2.24) is 15.6 Å². The van der Waals surface area contributed by atoms with Crippen molar-refractivity contribution in [3.8, 4) is 0 Å². The van der Waals surface area contributed by atoms with Crippen molar-refractivity contribution in [2.75, 3.05) is 6.54 Å². The number of amides is 2. The highest BCUT2D eigenvalue weighted by Gasteiger charge is 2.21. The van der Waals surface area contributed by atoms with Gasteiger partial charge in [0.25, 0.3) is 5.91 Å². The molecule has 1 fully saturated rings. The van der Waals surface area contributed by atoms with Crippen LogP contribution in [0.5, 0.6) is 0 Å². The fourth-order valence-electron chi connectivity index (χ4n) is 1.70. The van der Waals surface area contributed by atoms with Crippen LogP contribution in [0.25, 0.3) is 0 Å². The molecule has 1 atom stereocenters. The number of nitrogens with zero attached hydrogens (tertiary/aromatic N) is 1. The van der Waals surface area contributed by atoms with Crippen LogP contribution in [0.2, 0.25) is 0 Å². The van der Waals surface area contributed by atoms with E-state index < -0.39 is 0 Å². The predicted molar refractivity (Wildman–Crippen MR) is 65.4 cm³/mol. The quantitative estimate of drug-likeness (QED) is 0.813. The van der Waals surface area contributed by atoms with E-state index in [4.69, 9.17) is 0 Å². The van der Waals surface area contributed by atoms with Crippen LogP contribution < -0.4 is 10.6 Å². The summed E-state index contributed by atoms with van der Waals surface area (Å²) in [7, 11) is 0. The minimum Gasteiger partial charge on any atom is -0.352 e. The van der Waals surface area contributed by atoms with E-state index in [0.29, 0.717) is 23.1 Å². The number of rotatable bonds is 3. The van der Waals surface area contributed by atoms with Gasteiger partial charge in [-0.15, -0.1) is 0 Å². The van der Waals surface area contributed by atoms with Gasteiger partial charge in [-0.1, -0.05) is 0 Å². The lowest BCUT2D eigenvalue weighted by molar-refractivity contribution is -0.119. The third kappa shape index (κ3) is 3.03. The lowest BCUT2D eigenvalue weighted by Crippen LogP contribution is -2.38. The van der Waals surface area contributed by atoms with Crippen molar-refractivity contribution in [1.29, 1.82) is 0 Å². The highest BCUT2D eigenvalue weighted by Crippen LogP contribution is 2.12. The molecule has 0 radical (unpaired) electrons. The van der Waals surface area contributed by atoms with Crippen LogP contribution in [-0.2, 0) is 4.79 Å². The number of nitrogens with one attached hydrogen (secondary N) is 2. The Kier molecular flexibility index (Phi) is 3.73. The first-order valence-corrected chi connectivity index (χ1v) is 6.14. The van der Waals surface area contributed by atoms with E-state index in [-0.39, 0.29) is 17.9 Å². The van der Waals surface area contributed by atoms with Gasteiger partial charge in [0.1, 0.15) is 4.60 Å². The Morgan fingerprint density at radius 2 is 2.47 bits per heavy atom. The average molecular weight is 298 g/mol. The van der Waals surface area contributed by atoms with E-state index in [1.807, 2.05) is 0 Å². The second-order valence-corrected chi connectivity index (χ2v) is 4.61. The largest absolute Gasteiger partial charge is 0.352 e. The van der Waals surface area contributed by atoms with Crippen molar-refractivity contribution < 1.29 is 9.59 Å². The van der Waals surface area contributed by atoms with Gasteiger partial charge in [-0.05, 0) is 34.5 Å². The molecule has 0 bridgehead atoms. The molecule has 1 unspecified atom stereocenters. The average Bonchev–Trinajstić information content (AvgIpc) is 2.73. The van der Waals surface area contributed by atoms with E-state index in [1.165, 1.54) is 0 Å². The first-order chi connectivity index (χ1) is 8.16. The van der Waals surface area contributed by atoms with E-state index in [1.54, 1.807) is 18.3 Å². The van der Waals surface area contributed by atoms with Crippen LogP contribution in [0.15, 0.2) is 22.9 Å². The van der Waals surface area contributed by atoms with Crippen molar-refractivity contribution in [2.24, 2.45) is 0 Å². The molecule has 0 aromatic carbocycles. The molecule has 6 heteroatoms. The Hall–Kier alpha value is -1.43. The maximum Gasteiger partial charge on any atom is 0.254 e. The third-order valence-electron chi connectivity index (χ3n) is 2.60. The van der Waals surface area contributed by atoms with Crippen LogP contribution >= 0.6 is 15.9 Å². The number of aromatic nitrogens is 1. The van der Waals surface area contributed by atoms with Gasteiger partial charge in [-0.25, -0.2) is 4.98 Å². The van der Waals surface area contributed by atoms with E-state index >= 15 is 0 Å². The van der Waals surface area contributed by atoms with Crippen molar-refractivity contribution in [3.05, 3.63) is 28.5 Å². The fraction of sp³-hybridized carbons (Fsp3) is 0.364. The Balaban J connectivity index is 1.90. The minimum absolute atomic E-state index is 0.0434. The molecule has 2 amide bonds. The van der Waals surface area contributed by atoms with Crippen molar-refractivity contribution in [2.45, 2.75) is 18.9 Å². The second-order valence-electron chi connectivity index (χ2n) is 3.85. The summed E-state index contributed by atoms with van der Waals surface area (Å²) in [5.41, 5.74) is 0.497. The molecule has 17 heavy (non-hydrogen) atoms. The summed E-state index contributed by atoms with van der Waals surface area (Å²) in [5.74, 6) is -0.141. The summed E-state index contributed by atoms with van der Waals surface area (Å²) >= 11 is 3.22. The Labute approximate surface area is 107 Å². The zero-order valence-corrected chi connectivity index (χ0v) is 10.7. The molecule has 2 rings (SSSR count). The number of hydrogen-bond donors (Lipinski definition) is 2. The van der Waals surface area contributed by atoms with Gasteiger partial charge in [0.2, 0.25) is 5.91 Å². The predicted octanol–water partition coefficient (Wildman–Crippen LogP) is 0.853.